The highest BCUT2D eigenvalue weighted by Gasteiger charge is 2.43. The average molecular weight is 382 g/mol. The molecule has 0 aromatic heterocycles. The zero-order valence-corrected chi connectivity index (χ0v) is 14.7. The van der Waals surface area contributed by atoms with Crippen LogP contribution >= 0.6 is 23.4 Å². The molecule has 24 heavy (non-hydrogen) atoms. The monoisotopic (exact) mass is 381 g/mol. The van der Waals surface area contributed by atoms with Crippen LogP contribution in [0.3, 0.4) is 0 Å². The van der Waals surface area contributed by atoms with Gasteiger partial charge in [-0.15, -0.1) is 11.8 Å². The number of halogens is 4. The largest absolute Gasteiger partial charge is 0.405 e. The minimum Gasteiger partial charge on any atom is -0.350 e. The van der Waals surface area contributed by atoms with E-state index >= 15 is 0 Å². The number of amides is 1. The van der Waals surface area contributed by atoms with Crippen molar-refractivity contribution in [3.05, 3.63) is 28.8 Å². The standard InChI is InChI=1S/C15H19ClF3N3OS/c1-24-10-2-3-12(16)11(8-10)14(23)21-9-13(15(17,18)19)22-6-4-20-5-7-22/h2-3,8,13,20H,4-7,9H2,1H3,(H,21,23). The van der Waals surface area contributed by atoms with Crippen molar-refractivity contribution in [2.45, 2.75) is 17.1 Å². The third kappa shape index (κ3) is 5.02. The van der Waals surface area contributed by atoms with E-state index in [0.29, 0.717) is 26.2 Å². The Bertz CT molecular complexity index is 580. The predicted molar refractivity (Wildman–Crippen MR) is 89.9 cm³/mol. The molecule has 1 aromatic carbocycles. The molecule has 1 unspecified atom stereocenters. The van der Waals surface area contributed by atoms with Crippen LogP contribution in [0.15, 0.2) is 23.1 Å². The summed E-state index contributed by atoms with van der Waals surface area (Å²) in [4.78, 5) is 14.4. The molecule has 9 heteroatoms. The first kappa shape index (κ1) is 19.4. The Kier molecular flexibility index (Phi) is 6.79. The zero-order chi connectivity index (χ0) is 17.7. The predicted octanol–water partition coefficient (Wildman–Crippen LogP) is 2.63. The molecule has 0 saturated carbocycles. The van der Waals surface area contributed by atoms with Gasteiger partial charge < -0.3 is 10.6 Å². The molecule has 0 radical (unpaired) electrons. The van der Waals surface area contributed by atoms with Crippen LogP contribution in [0.25, 0.3) is 0 Å². The van der Waals surface area contributed by atoms with Gasteiger partial charge in [-0.25, -0.2) is 0 Å². The summed E-state index contributed by atoms with van der Waals surface area (Å²) in [5, 5.41) is 5.61. The van der Waals surface area contributed by atoms with Crippen molar-refractivity contribution >= 4 is 29.3 Å². The lowest BCUT2D eigenvalue weighted by Crippen LogP contribution is -2.57. The number of thioether (sulfide) groups is 1. The van der Waals surface area contributed by atoms with Gasteiger partial charge in [-0.3, -0.25) is 9.69 Å². The second kappa shape index (κ2) is 8.42. The van der Waals surface area contributed by atoms with Gasteiger partial charge in [-0.2, -0.15) is 13.2 Å². The molecule has 0 spiro atoms. The van der Waals surface area contributed by atoms with E-state index in [0.717, 1.165) is 4.90 Å². The molecule has 1 atom stereocenters. The number of benzene rings is 1. The summed E-state index contributed by atoms with van der Waals surface area (Å²) < 4.78 is 39.9. The Hall–Kier alpha value is -0.960. The van der Waals surface area contributed by atoms with Crippen LogP contribution in [0.2, 0.25) is 5.02 Å². The highest BCUT2D eigenvalue weighted by atomic mass is 35.5. The molecule has 1 saturated heterocycles. The van der Waals surface area contributed by atoms with E-state index in [1.807, 2.05) is 6.26 Å². The van der Waals surface area contributed by atoms with Crippen molar-refractivity contribution in [1.29, 1.82) is 0 Å². The third-order valence-corrected chi connectivity index (χ3v) is 4.90. The number of alkyl halides is 3. The van der Waals surface area contributed by atoms with Crippen LogP contribution in [-0.2, 0) is 0 Å². The summed E-state index contributed by atoms with van der Waals surface area (Å²) >= 11 is 7.42. The van der Waals surface area contributed by atoms with Crippen molar-refractivity contribution in [3.8, 4) is 0 Å². The number of carbonyl (C=O) groups is 1. The molecule has 1 amide bonds. The second-order valence-corrected chi connectivity index (χ2v) is 6.69. The van der Waals surface area contributed by atoms with Gasteiger partial charge in [-0.05, 0) is 24.5 Å². The minimum atomic E-state index is -4.41. The van der Waals surface area contributed by atoms with Gasteiger partial charge in [0.25, 0.3) is 5.91 Å². The van der Waals surface area contributed by atoms with E-state index in [4.69, 9.17) is 11.6 Å². The number of piperazine rings is 1. The number of hydrogen-bond donors (Lipinski definition) is 2. The number of hydrogen-bond acceptors (Lipinski definition) is 4. The van der Waals surface area contributed by atoms with Crippen molar-refractivity contribution in [3.63, 3.8) is 0 Å². The van der Waals surface area contributed by atoms with Gasteiger partial charge in [0.2, 0.25) is 0 Å². The quantitative estimate of drug-likeness (QED) is 0.770. The maximum absolute atomic E-state index is 13.3. The first-order chi connectivity index (χ1) is 11.3. The minimum absolute atomic E-state index is 0.185. The van der Waals surface area contributed by atoms with Crippen LogP contribution in [-0.4, -0.2) is 62.0 Å². The van der Waals surface area contributed by atoms with E-state index in [-0.39, 0.29) is 10.6 Å². The summed E-state index contributed by atoms with van der Waals surface area (Å²) in [6, 6.07) is 3.20. The van der Waals surface area contributed by atoms with Crippen molar-refractivity contribution < 1.29 is 18.0 Å². The van der Waals surface area contributed by atoms with E-state index in [9.17, 15) is 18.0 Å². The van der Waals surface area contributed by atoms with E-state index in [1.165, 1.54) is 16.7 Å². The topological polar surface area (TPSA) is 44.4 Å². The molecule has 1 heterocycles. The maximum Gasteiger partial charge on any atom is 0.405 e. The fourth-order valence-electron chi connectivity index (χ4n) is 2.54. The van der Waals surface area contributed by atoms with E-state index in [2.05, 4.69) is 10.6 Å². The smallest absolute Gasteiger partial charge is 0.350 e. The summed E-state index contributed by atoms with van der Waals surface area (Å²) in [5.74, 6) is -0.597. The summed E-state index contributed by atoms with van der Waals surface area (Å²) in [5.41, 5.74) is 0.185. The Labute approximate surface area is 148 Å². The average Bonchev–Trinajstić information content (AvgIpc) is 2.55. The van der Waals surface area contributed by atoms with Crippen LogP contribution < -0.4 is 10.6 Å². The molecule has 1 fully saturated rings. The normalized spacial score (nSPS) is 17.5. The molecular formula is C15H19ClF3N3OS. The fourth-order valence-corrected chi connectivity index (χ4v) is 3.18. The maximum atomic E-state index is 13.3. The first-order valence-electron chi connectivity index (χ1n) is 7.46. The fraction of sp³-hybridized carbons (Fsp3) is 0.533. The Morgan fingerprint density at radius 2 is 2.08 bits per heavy atom. The van der Waals surface area contributed by atoms with Crippen molar-refractivity contribution in [2.75, 3.05) is 39.0 Å². The molecule has 0 aliphatic carbocycles. The Morgan fingerprint density at radius 3 is 2.67 bits per heavy atom. The number of carbonyl (C=O) groups excluding carboxylic acids is 1. The van der Waals surface area contributed by atoms with Crippen LogP contribution in [0.4, 0.5) is 13.2 Å². The Balaban J connectivity index is 2.07. The third-order valence-electron chi connectivity index (χ3n) is 3.84. The summed E-state index contributed by atoms with van der Waals surface area (Å²) in [7, 11) is 0. The molecule has 0 bridgehead atoms. The number of nitrogens with one attached hydrogen (secondary N) is 2. The highest BCUT2D eigenvalue weighted by molar-refractivity contribution is 7.98. The SMILES string of the molecule is CSc1ccc(Cl)c(C(=O)NCC(N2CCNCC2)C(F)(F)F)c1. The molecule has 2 N–H and O–H groups in total. The van der Waals surface area contributed by atoms with Gasteiger partial charge in [0.1, 0.15) is 6.04 Å². The highest BCUT2D eigenvalue weighted by Crippen LogP contribution is 2.26. The summed E-state index contributed by atoms with van der Waals surface area (Å²) in [6.45, 7) is 1.10. The van der Waals surface area contributed by atoms with Crippen LogP contribution in [0.1, 0.15) is 10.4 Å². The lowest BCUT2D eigenvalue weighted by atomic mass is 10.1. The number of rotatable bonds is 5. The summed E-state index contributed by atoms with van der Waals surface area (Å²) in [6.07, 6.45) is -2.56. The van der Waals surface area contributed by atoms with Crippen LogP contribution in [0, 0.1) is 0 Å². The van der Waals surface area contributed by atoms with Crippen molar-refractivity contribution in [1.82, 2.24) is 15.5 Å². The zero-order valence-electron chi connectivity index (χ0n) is 13.1. The van der Waals surface area contributed by atoms with Gasteiger partial charge in [0, 0.05) is 37.6 Å². The van der Waals surface area contributed by atoms with Gasteiger partial charge in [0.15, 0.2) is 0 Å². The molecule has 134 valence electrons. The number of nitrogens with zero attached hydrogens (tertiary/aromatic N) is 1. The van der Waals surface area contributed by atoms with Crippen LogP contribution in [0.5, 0.6) is 0 Å². The molecule has 1 aromatic rings. The van der Waals surface area contributed by atoms with Crippen molar-refractivity contribution in [2.24, 2.45) is 0 Å². The van der Waals surface area contributed by atoms with Gasteiger partial charge in [0.05, 0.1) is 10.6 Å². The van der Waals surface area contributed by atoms with Gasteiger partial charge >= 0.3 is 6.18 Å². The molecule has 4 nitrogen and oxygen atoms in total. The van der Waals surface area contributed by atoms with E-state index < -0.39 is 24.7 Å². The lowest BCUT2D eigenvalue weighted by molar-refractivity contribution is -0.183. The lowest BCUT2D eigenvalue weighted by Gasteiger charge is -2.35. The van der Waals surface area contributed by atoms with Gasteiger partial charge in [-0.1, -0.05) is 11.6 Å². The van der Waals surface area contributed by atoms with E-state index in [1.54, 1.807) is 18.2 Å². The molecule has 2 rings (SSSR count). The molecule has 1 aliphatic heterocycles. The Morgan fingerprint density at radius 1 is 1.42 bits per heavy atom. The second-order valence-electron chi connectivity index (χ2n) is 5.40. The first-order valence-corrected chi connectivity index (χ1v) is 9.06. The molecular weight excluding hydrogens is 363 g/mol. The molecule has 1 aliphatic rings.